The Morgan fingerprint density at radius 3 is 2.67 bits per heavy atom. The lowest BCUT2D eigenvalue weighted by Gasteiger charge is -2.28. The normalized spacial score (nSPS) is 23.7. The lowest BCUT2D eigenvalue weighted by Crippen LogP contribution is -2.30. The molecule has 2 aliphatic heterocycles. The topological polar surface area (TPSA) is 19.4 Å². The molecule has 116 valence electrons. The summed E-state index contributed by atoms with van der Waals surface area (Å²) in [5, 5.41) is 0. The highest BCUT2D eigenvalue weighted by molar-refractivity contribution is 5.40. The maximum atomic E-state index is 4.76. The molecule has 2 saturated heterocycles. The molecule has 1 aromatic rings. The molecule has 1 atom stereocenters. The number of likely N-dealkylation sites (tertiary alicyclic amines) is 1. The van der Waals surface area contributed by atoms with Crippen LogP contribution in [0.1, 0.15) is 63.5 Å². The molecule has 0 aliphatic carbocycles. The summed E-state index contributed by atoms with van der Waals surface area (Å²) < 4.78 is 0. The van der Waals surface area contributed by atoms with Crippen LogP contribution in [0, 0.1) is 0 Å². The molecule has 0 amide bonds. The Morgan fingerprint density at radius 2 is 1.95 bits per heavy atom. The fraction of sp³-hybridized carbons (Fsp3) is 0.722. The van der Waals surface area contributed by atoms with Crippen LogP contribution in [0.5, 0.6) is 0 Å². The molecule has 0 bridgehead atoms. The van der Waals surface area contributed by atoms with Crippen molar-refractivity contribution in [2.75, 3.05) is 31.1 Å². The maximum absolute atomic E-state index is 4.76. The van der Waals surface area contributed by atoms with E-state index in [4.69, 9.17) is 4.98 Å². The molecular formula is C18H29N3. The summed E-state index contributed by atoms with van der Waals surface area (Å²) in [5.74, 6) is 1.18. The van der Waals surface area contributed by atoms with Crippen LogP contribution >= 0.6 is 0 Å². The van der Waals surface area contributed by atoms with Gasteiger partial charge in [-0.05, 0) is 63.2 Å². The molecule has 21 heavy (non-hydrogen) atoms. The zero-order valence-electron chi connectivity index (χ0n) is 13.4. The predicted octanol–water partition coefficient (Wildman–Crippen LogP) is 4.01. The number of aromatic nitrogens is 1. The van der Waals surface area contributed by atoms with Crippen LogP contribution in [-0.2, 0) is 0 Å². The standard InChI is InChI=1S/C18H29N3/c1-2-3-11-20-14-7-8-17(20)16-9-10-18(19-15-16)21-12-5-4-6-13-21/h9-10,15,17H,2-8,11-14H2,1H3/t17-/m1/s1. The number of pyridine rings is 1. The summed E-state index contributed by atoms with van der Waals surface area (Å²) in [4.78, 5) is 9.86. The van der Waals surface area contributed by atoms with Crippen molar-refractivity contribution in [1.29, 1.82) is 0 Å². The molecule has 0 saturated carbocycles. The average molecular weight is 287 g/mol. The molecule has 3 rings (SSSR count). The van der Waals surface area contributed by atoms with Crippen molar-refractivity contribution in [2.24, 2.45) is 0 Å². The third kappa shape index (κ3) is 3.57. The lowest BCUT2D eigenvalue weighted by atomic mass is 10.1. The van der Waals surface area contributed by atoms with Crippen molar-refractivity contribution in [2.45, 2.75) is 57.9 Å². The van der Waals surface area contributed by atoms with Gasteiger partial charge in [-0.1, -0.05) is 19.4 Å². The summed E-state index contributed by atoms with van der Waals surface area (Å²) in [7, 11) is 0. The van der Waals surface area contributed by atoms with Gasteiger partial charge in [0.2, 0.25) is 0 Å². The summed E-state index contributed by atoms with van der Waals surface area (Å²) >= 11 is 0. The quantitative estimate of drug-likeness (QED) is 0.815. The predicted molar refractivity (Wildman–Crippen MR) is 88.8 cm³/mol. The Labute approximate surface area is 129 Å². The van der Waals surface area contributed by atoms with Gasteiger partial charge in [0.1, 0.15) is 5.82 Å². The van der Waals surface area contributed by atoms with Gasteiger partial charge < -0.3 is 4.90 Å². The van der Waals surface area contributed by atoms with E-state index in [0.717, 1.165) is 0 Å². The van der Waals surface area contributed by atoms with Crippen LogP contribution < -0.4 is 4.90 Å². The first kappa shape index (κ1) is 14.8. The number of hydrogen-bond acceptors (Lipinski definition) is 3. The molecule has 2 aliphatic rings. The van der Waals surface area contributed by atoms with E-state index in [1.165, 1.54) is 82.5 Å². The van der Waals surface area contributed by atoms with Gasteiger partial charge in [-0.25, -0.2) is 4.98 Å². The van der Waals surface area contributed by atoms with Gasteiger partial charge in [0.25, 0.3) is 0 Å². The zero-order chi connectivity index (χ0) is 14.5. The second-order valence-electron chi connectivity index (χ2n) is 6.54. The van der Waals surface area contributed by atoms with Gasteiger partial charge in [-0.2, -0.15) is 0 Å². The Balaban J connectivity index is 1.65. The summed E-state index contributed by atoms with van der Waals surface area (Å²) in [6, 6.07) is 5.18. The van der Waals surface area contributed by atoms with E-state index >= 15 is 0 Å². The highest BCUT2D eigenvalue weighted by atomic mass is 15.2. The molecule has 2 fully saturated rings. The van der Waals surface area contributed by atoms with Crippen LogP contribution in [0.3, 0.4) is 0 Å². The molecule has 0 radical (unpaired) electrons. The number of anilines is 1. The van der Waals surface area contributed by atoms with Gasteiger partial charge in [-0.15, -0.1) is 0 Å². The number of piperidine rings is 1. The SMILES string of the molecule is CCCCN1CCC[C@@H]1c1ccc(N2CCCCC2)nc1. The second-order valence-corrected chi connectivity index (χ2v) is 6.54. The van der Waals surface area contributed by atoms with E-state index in [9.17, 15) is 0 Å². The van der Waals surface area contributed by atoms with Crippen LogP contribution in [-0.4, -0.2) is 36.1 Å². The third-order valence-electron chi connectivity index (χ3n) is 5.00. The average Bonchev–Trinajstić information content (AvgIpc) is 3.02. The summed E-state index contributed by atoms with van der Waals surface area (Å²) in [6.45, 7) is 7.14. The summed E-state index contributed by atoms with van der Waals surface area (Å²) in [6.07, 6.45) is 11.4. The van der Waals surface area contributed by atoms with Crippen molar-refractivity contribution in [3.8, 4) is 0 Å². The first-order valence-corrected chi connectivity index (χ1v) is 8.83. The van der Waals surface area contributed by atoms with Gasteiger partial charge in [0.15, 0.2) is 0 Å². The number of hydrogen-bond donors (Lipinski definition) is 0. The molecule has 3 nitrogen and oxygen atoms in total. The van der Waals surface area contributed by atoms with Crippen molar-refractivity contribution < 1.29 is 0 Å². The molecule has 0 aromatic carbocycles. The molecule has 0 spiro atoms. The Bertz CT molecular complexity index is 423. The smallest absolute Gasteiger partial charge is 0.128 e. The maximum Gasteiger partial charge on any atom is 0.128 e. The Morgan fingerprint density at radius 1 is 1.10 bits per heavy atom. The molecule has 3 heteroatoms. The van der Waals surface area contributed by atoms with Crippen LogP contribution in [0.15, 0.2) is 18.3 Å². The number of unbranched alkanes of at least 4 members (excludes halogenated alkanes) is 1. The first-order valence-electron chi connectivity index (χ1n) is 8.83. The highest BCUT2D eigenvalue weighted by Crippen LogP contribution is 2.32. The first-order chi connectivity index (χ1) is 10.4. The monoisotopic (exact) mass is 287 g/mol. The van der Waals surface area contributed by atoms with Crippen LogP contribution in [0.2, 0.25) is 0 Å². The van der Waals surface area contributed by atoms with E-state index < -0.39 is 0 Å². The van der Waals surface area contributed by atoms with Gasteiger partial charge in [-0.3, -0.25) is 4.90 Å². The summed E-state index contributed by atoms with van der Waals surface area (Å²) in [5.41, 5.74) is 1.42. The van der Waals surface area contributed by atoms with Crippen molar-refractivity contribution in [1.82, 2.24) is 9.88 Å². The van der Waals surface area contributed by atoms with E-state index in [-0.39, 0.29) is 0 Å². The molecule has 3 heterocycles. The minimum Gasteiger partial charge on any atom is -0.357 e. The van der Waals surface area contributed by atoms with Crippen molar-refractivity contribution in [3.05, 3.63) is 23.9 Å². The van der Waals surface area contributed by atoms with E-state index in [1.54, 1.807) is 0 Å². The van der Waals surface area contributed by atoms with Gasteiger partial charge >= 0.3 is 0 Å². The molecule has 0 unspecified atom stereocenters. The van der Waals surface area contributed by atoms with Crippen molar-refractivity contribution >= 4 is 5.82 Å². The van der Waals surface area contributed by atoms with Crippen LogP contribution in [0.25, 0.3) is 0 Å². The largest absolute Gasteiger partial charge is 0.357 e. The minimum absolute atomic E-state index is 0.611. The fourth-order valence-electron chi connectivity index (χ4n) is 3.74. The van der Waals surface area contributed by atoms with E-state index in [1.807, 2.05) is 0 Å². The molecule has 0 N–H and O–H groups in total. The Kier molecular flexibility index (Phi) is 5.13. The van der Waals surface area contributed by atoms with Crippen molar-refractivity contribution in [3.63, 3.8) is 0 Å². The van der Waals surface area contributed by atoms with Crippen LogP contribution in [0.4, 0.5) is 5.82 Å². The van der Waals surface area contributed by atoms with E-state index in [2.05, 4.69) is 35.1 Å². The molecular weight excluding hydrogens is 258 g/mol. The zero-order valence-corrected chi connectivity index (χ0v) is 13.4. The fourth-order valence-corrected chi connectivity index (χ4v) is 3.74. The third-order valence-corrected chi connectivity index (χ3v) is 5.00. The lowest BCUT2D eigenvalue weighted by molar-refractivity contribution is 0.253. The van der Waals surface area contributed by atoms with Gasteiger partial charge in [0.05, 0.1) is 0 Å². The number of nitrogens with zero attached hydrogens (tertiary/aromatic N) is 3. The second kappa shape index (κ2) is 7.26. The minimum atomic E-state index is 0.611. The van der Waals surface area contributed by atoms with E-state index in [0.29, 0.717) is 6.04 Å². The number of rotatable bonds is 5. The Hall–Kier alpha value is -1.09. The highest BCUT2D eigenvalue weighted by Gasteiger charge is 2.25. The molecule has 1 aromatic heterocycles. The van der Waals surface area contributed by atoms with Gasteiger partial charge in [0, 0.05) is 25.3 Å².